The smallest absolute Gasteiger partial charge is 0.310 e. The van der Waals surface area contributed by atoms with Crippen LogP contribution >= 0.6 is 0 Å². The van der Waals surface area contributed by atoms with E-state index in [9.17, 15) is 14.7 Å². The second-order valence-corrected chi connectivity index (χ2v) is 5.87. The van der Waals surface area contributed by atoms with Gasteiger partial charge in [-0.2, -0.15) is 0 Å². The van der Waals surface area contributed by atoms with E-state index in [0.29, 0.717) is 13.1 Å². The molecule has 0 saturated carbocycles. The van der Waals surface area contributed by atoms with E-state index >= 15 is 0 Å². The molecule has 1 N–H and O–H groups in total. The predicted octanol–water partition coefficient (Wildman–Crippen LogP) is 2.07. The Kier molecular flexibility index (Phi) is 5.39. The Bertz CT molecular complexity index is 413. The van der Waals surface area contributed by atoms with Gasteiger partial charge in [0.25, 0.3) is 0 Å². The second kappa shape index (κ2) is 7.07. The number of carboxylic acids is 1. The van der Waals surface area contributed by atoms with Crippen LogP contribution in [-0.2, 0) is 14.3 Å². The van der Waals surface area contributed by atoms with Crippen LogP contribution < -0.4 is 0 Å². The second-order valence-electron chi connectivity index (χ2n) is 5.87. The van der Waals surface area contributed by atoms with Gasteiger partial charge in [-0.15, -0.1) is 0 Å². The van der Waals surface area contributed by atoms with Crippen LogP contribution in [0.25, 0.3) is 0 Å². The standard InChI is InChI=1S/C16H25NO4/c1-3-5-9-17(10-6-4-2)15(18)13-11-7-8-12(21-11)14(13)16(19)20/h7-8,11-14H,3-6,9-10H2,1-2H3,(H,19,20). The Labute approximate surface area is 126 Å². The van der Waals surface area contributed by atoms with Gasteiger partial charge >= 0.3 is 5.97 Å². The number of nitrogens with zero attached hydrogens (tertiary/aromatic N) is 1. The zero-order valence-corrected chi connectivity index (χ0v) is 12.8. The fourth-order valence-electron chi connectivity index (χ4n) is 3.14. The van der Waals surface area contributed by atoms with Crippen molar-refractivity contribution >= 4 is 11.9 Å². The first-order valence-corrected chi connectivity index (χ1v) is 7.95. The summed E-state index contributed by atoms with van der Waals surface area (Å²) in [5, 5.41) is 9.40. The molecule has 0 radical (unpaired) electrons. The van der Waals surface area contributed by atoms with Gasteiger partial charge in [-0.05, 0) is 12.8 Å². The lowest BCUT2D eigenvalue weighted by molar-refractivity contribution is -0.149. The summed E-state index contributed by atoms with van der Waals surface area (Å²) in [6, 6.07) is 0. The Morgan fingerprint density at radius 3 is 2.05 bits per heavy atom. The normalized spacial score (nSPS) is 29.8. The monoisotopic (exact) mass is 295 g/mol. The van der Waals surface area contributed by atoms with Crippen LogP contribution in [0.5, 0.6) is 0 Å². The molecular weight excluding hydrogens is 270 g/mol. The van der Waals surface area contributed by atoms with Crippen LogP contribution in [0, 0.1) is 11.8 Å². The molecule has 1 amide bonds. The highest BCUT2D eigenvalue weighted by molar-refractivity contribution is 5.87. The minimum Gasteiger partial charge on any atom is -0.481 e. The van der Waals surface area contributed by atoms with Gasteiger partial charge in [0.05, 0.1) is 18.1 Å². The van der Waals surface area contributed by atoms with Crippen LogP contribution in [0.4, 0.5) is 0 Å². The molecule has 0 spiro atoms. The highest BCUT2D eigenvalue weighted by Crippen LogP contribution is 2.40. The van der Waals surface area contributed by atoms with E-state index in [4.69, 9.17) is 4.74 Å². The number of carbonyl (C=O) groups excluding carboxylic acids is 1. The zero-order chi connectivity index (χ0) is 15.4. The van der Waals surface area contributed by atoms with Crippen LogP contribution in [0.2, 0.25) is 0 Å². The van der Waals surface area contributed by atoms with Gasteiger partial charge in [0, 0.05) is 13.1 Å². The highest BCUT2D eigenvalue weighted by Gasteiger charge is 2.53. The quantitative estimate of drug-likeness (QED) is 0.696. The lowest BCUT2D eigenvalue weighted by Gasteiger charge is -2.29. The lowest BCUT2D eigenvalue weighted by Crippen LogP contribution is -2.45. The maximum atomic E-state index is 12.8. The SMILES string of the molecule is CCCCN(CCCC)C(=O)C1C2C=CC(O2)C1C(=O)O. The number of aliphatic carboxylic acids is 1. The summed E-state index contributed by atoms with van der Waals surface area (Å²) in [5.41, 5.74) is 0. The Hall–Kier alpha value is -1.36. The average Bonchev–Trinajstić information content (AvgIpc) is 3.07. The number of amides is 1. The van der Waals surface area contributed by atoms with Gasteiger partial charge in [-0.3, -0.25) is 9.59 Å². The third kappa shape index (κ3) is 3.28. The maximum Gasteiger partial charge on any atom is 0.310 e. The van der Waals surface area contributed by atoms with Crippen molar-refractivity contribution in [2.75, 3.05) is 13.1 Å². The van der Waals surface area contributed by atoms with Crippen molar-refractivity contribution in [3.05, 3.63) is 12.2 Å². The summed E-state index contributed by atoms with van der Waals surface area (Å²) in [4.78, 5) is 26.1. The molecule has 4 unspecified atom stereocenters. The van der Waals surface area contributed by atoms with Crippen molar-refractivity contribution in [2.24, 2.45) is 11.8 Å². The number of unbranched alkanes of at least 4 members (excludes halogenated alkanes) is 2. The molecule has 1 saturated heterocycles. The summed E-state index contributed by atoms with van der Waals surface area (Å²) in [5.74, 6) is -2.29. The molecule has 5 heteroatoms. The lowest BCUT2D eigenvalue weighted by atomic mass is 9.82. The number of fused-ring (bicyclic) bond motifs is 2. The number of hydrogen-bond acceptors (Lipinski definition) is 3. The summed E-state index contributed by atoms with van der Waals surface area (Å²) < 4.78 is 5.60. The zero-order valence-electron chi connectivity index (χ0n) is 12.8. The molecule has 5 nitrogen and oxygen atoms in total. The Morgan fingerprint density at radius 1 is 1.05 bits per heavy atom. The van der Waals surface area contributed by atoms with Crippen molar-refractivity contribution in [1.82, 2.24) is 4.90 Å². The van der Waals surface area contributed by atoms with Crippen molar-refractivity contribution in [2.45, 2.75) is 51.7 Å². The first-order chi connectivity index (χ1) is 10.1. The van der Waals surface area contributed by atoms with Gasteiger partial charge in [0.2, 0.25) is 5.91 Å². The van der Waals surface area contributed by atoms with E-state index in [-0.39, 0.29) is 12.0 Å². The fraction of sp³-hybridized carbons (Fsp3) is 0.750. The van der Waals surface area contributed by atoms with Crippen molar-refractivity contribution in [1.29, 1.82) is 0 Å². The summed E-state index contributed by atoms with van der Waals surface area (Å²) >= 11 is 0. The molecule has 1 fully saturated rings. The first kappa shape index (κ1) is 16.0. The van der Waals surface area contributed by atoms with E-state index in [1.165, 1.54) is 0 Å². The van der Waals surface area contributed by atoms with Crippen LogP contribution in [-0.4, -0.2) is 47.2 Å². The van der Waals surface area contributed by atoms with Gasteiger partial charge in [0.15, 0.2) is 0 Å². The molecular formula is C16H25NO4. The van der Waals surface area contributed by atoms with E-state index < -0.39 is 23.9 Å². The van der Waals surface area contributed by atoms with Gasteiger partial charge in [0.1, 0.15) is 5.92 Å². The topological polar surface area (TPSA) is 66.8 Å². The minimum atomic E-state index is -0.934. The summed E-state index contributed by atoms with van der Waals surface area (Å²) in [7, 11) is 0. The third-order valence-corrected chi connectivity index (χ3v) is 4.34. The van der Waals surface area contributed by atoms with Crippen molar-refractivity contribution in [3.8, 4) is 0 Å². The molecule has 4 atom stereocenters. The number of carboxylic acid groups (broad SMARTS) is 1. The average molecular weight is 295 g/mol. The van der Waals surface area contributed by atoms with E-state index in [2.05, 4.69) is 13.8 Å². The molecule has 0 aliphatic carbocycles. The molecule has 0 aromatic heterocycles. The fourth-order valence-corrected chi connectivity index (χ4v) is 3.14. The molecule has 2 aliphatic heterocycles. The molecule has 118 valence electrons. The maximum absolute atomic E-state index is 12.8. The first-order valence-electron chi connectivity index (χ1n) is 7.95. The third-order valence-electron chi connectivity index (χ3n) is 4.34. The molecule has 0 aromatic carbocycles. The predicted molar refractivity (Wildman–Crippen MR) is 78.8 cm³/mol. The van der Waals surface area contributed by atoms with Gasteiger partial charge in [-0.25, -0.2) is 0 Å². The van der Waals surface area contributed by atoms with Gasteiger partial charge in [-0.1, -0.05) is 38.8 Å². The molecule has 2 bridgehead atoms. The number of rotatable bonds is 8. The molecule has 21 heavy (non-hydrogen) atoms. The number of hydrogen-bond donors (Lipinski definition) is 1. The number of ether oxygens (including phenoxy) is 1. The van der Waals surface area contributed by atoms with Crippen molar-refractivity contribution in [3.63, 3.8) is 0 Å². The van der Waals surface area contributed by atoms with E-state index in [0.717, 1.165) is 25.7 Å². The minimum absolute atomic E-state index is 0.0545. The molecule has 2 aliphatic rings. The summed E-state index contributed by atoms with van der Waals surface area (Å²) in [6.45, 7) is 5.59. The summed E-state index contributed by atoms with van der Waals surface area (Å²) in [6.07, 6.45) is 6.74. The van der Waals surface area contributed by atoms with Crippen LogP contribution in [0.3, 0.4) is 0 Å². The van der Waals surface area contributed by atoms with Crippen LogP contribution in [0.15, 0.2) is 12.2 Å². The number of carbonyl (C=O) groups is 2. The largest absolute Gasteiger partial charge is 0.481 e. The molecule has 2 heterocycles. The van der Waals surface area contributed by atoms with Crippen molar-refractivity contribution < 1.29 is 19.4 Å². The molecule has 0 aromatic rings. The Morgan fingerprint density at radius 2 is 1.57 bits per heavy atom. The van der Waals surface area contributed by atoms with Gasteiger partial charge < -0.3 is 14.7 Å². The van der Waals surface area contributed by atoms with E-state index in [1.807, 2.05) is 11.0 Å². The van der Waals surface area contributed by atoms with Crippen LogP contribution in [0.1, 0.15) is 39.5 Å². The van der Waals surface area contributed by atoms with E-state index in [1.54, 1.807) is 6.08 Å². The Balaban J connectivity index is 2.11. The molecule has 2 rings (SSSR count). The highest BCUT2D eigenvalue weighted by atomic mass is 16.5.